The zero-order chi connectivity index (χ0) is 29.5. The quantitative estimate of drug-likeness (QED) is 0.167. The molecule has 0 bridgehead atoms. The van der Waals surface area contributed by atoms with E-state index in [4.69, 9.17) is 68.6 Å². The Balaban J connectivity index is 1.58. The molecule has 2 fully saturated rings. The lowest BCUT2D eigenvalue weighted by Crippen LogP contribution is -2.69. The molecule has 7 atom stereocenters. The summed E-state index contributed by atoms with van der Waals surface area (Å²) in [7, 11) is 1.20. The van der Waals surface area contributed by atoms with Crippen LogP contribution in [0.15, 0.2) is 54.6 Å². The van der Waals surface area contributed by atoms with Crippen molar-refractivity contribution < 1.29 is 42.8 Å². The summed E-state index contributed by atoms with van der Waals surface area (Å²) in [5, 5.41) is 8.18. The number of fused-ring (bicyclic) bond motifs is 2. The van der Waals surface area contributed by atoms with Crippen molar-refractivity contribution in [3.05, 3.63) is 71.3 Å². The minimum atomic E-state index is -2.29. The number of carbonyl (C=O) groups excluding carboxylic acids is 3. The van der Waals surface area contributed by atoms with Gasteiger partial charge in [-0.05, 0) is 19.1 Å². The maximum absolute atomic E-state index is 13.7. The number of ether oxygens (including phenoxy) is 6. The molecule has 41 heavy (non-hydrogen) atoms. The summed E-state index contributed by atoms with van der Waals surface area (Å²) >= 11 is 17.6. The van der Waals surface area contributed by atoms with Crippen LogP contribution in [-0.2, 0) is 33.2 Å². The van der Waals surface area contributed by atoms with Gasteiger partial charge in [0.1, 0.15) is 24.4 Å². The minimum Gasteiger partial charge on any atom is -0.467 e. The number of rotatable bonds is 6. The van der Waals surface area contributed by atoms with Crippen molar-refractivity contribution in [2.24, 2.45) is 0 Å². The molecule has 0 saturated carbocycles. The van der Waals surface area contributed by atoms with Gasteiger partial charge in [0.25, 0.3) is 15.6 Å². The van der Waals surface area contributed by atoms with E-state index >= 15 is 0 Å². The zero-order valence-electron chi connectivity index (χ0n) is 21.7. The van der Waals surface area contributed by atoms with Crippen LogP contribution in [0, 0.1) is 5.41 Å². The smallest absolute Gasteiger partial charge is 0.334 e. The van der Waals surface area contributed by atoms with E-state index < -0.39 is 70.5 Å². The standard InChI is InChI=1S/C27H25Cl3N2O9/c1-13(23(35)36-2)38-20-18(32-21(33)15-10-6-7-11-16(15)22(32)34)25(41-26(31)27(28,29)30)39-17-12-37-24(40-19(17)20)14-8-4-3-5-9-14/h3-11,13,17-20,24-25,31H,12H2,1-2H3/t13?,17-,18-,19-,20-,24-,25+/m1/s1. The molecule has 0 radical (unpaired) electrons. The van der Waals surface area contributed by atoms with Gasteiger partial charge in [0, 0.05) is 5.56 Å². The fourth-order valence-corrected chi connectivity index (χ4v) is 5.12. The van der Waals surface area contributed by atoms with E-state index in [9.17, 15) is 14.4 Å². The number of methoxy groups -OCH3 is 1. The summed E-state index contributed by atoms with van der Waals surface area (Å²) in [6.07, 6.45) is -6.73. The maximum Gasteiger partial charge on any atom is 0.334 e. The van der Waals surface area contributed by atoms with Gasteiger partial charge in [0.05, 0.1) is 24.8 Å². The molecule has 2 aromatic rings. The van der Waals surface area contributed by atoms with Crippen molar-refractivity contribution in [1.82, 2.24) is 4.90 Å². The van der Waals surface area contributed by atoms with Crippen molar-refractivity contribution in [2.75, 3.05) is 13.7 Å². The summed E-state index contributed by atoms with van der Waals surface area (Å²) in [4.78, 5) is 40.7. The molecule has 0 spiro atoms. The third-order valence-corrected chi connectivity index (χ3v) is 7.40. The van der Waals surface area contributed by atoms with E-state index in [1.807, 2.05) is 18.2 Å². The lowest BCUT2D eigenvalue weighted by molar-refractivity contribution is -0.347. The van der Waals surface area contributed by atoms with Crippen LogP contribution in [0.5, 0.6) is 0 Å². The molecular weight excluding hydrogens is 603 g/mol. The molecule has 14 heteroatoms. The highest BCUT2D eigenvalue weighted by atomic mass is 35.6. The summed E-state index contributed by atoms with van der Waals surface area (Å²) in [6.45, 7) is 1.41. The van der Waals surface area contributed by atoms with Gasteiger partial charge in [0.15, 0.2) is 12.4 Å². The van der Waals surface area contributed by atoms with E-state index in [1.54, 1.807) is 24.3 Å². The van der Waals surface area contributed by atoms with Gasteiger partial charge in [-0.15, -0.1) is 0 Å². The number of amides is 2. The monoisotopic (exact) mass is 626 g/mol. The lowest BCUT2D eigenvalue weighted by atomic mass is 9.93. The first-order valence-corrected chi connectivity index (χ1v) is 13.6. The molecule has 0 aliphatic carbocycles. The Morgan fingerprint density at radius 1 is 1.02 bits per heavy atom. The number of nitrogens with one attached hydrogen (secondary N) is 1. The molecule has 2 aromatic carbocycles. The van der Waals surface area contributed by atoms with Crippen molar-refractivity contribution in [1.29, 1.82) is 5.41 Å². The normalized spacial score (nSPS) is 28.5. The summed E-state index contributed by atoms with van der Waals surface area (Å²) in [6, 6.07) is 13.9. The largest absolute Gasteiger partial charge is 0.467 e. The fraction of sp³-hybridized carbons (Fsp3) is 0.407. The summed E-state index contributed by atoms with van der Waals surface area (Å²) < 4.78 is 32.7. The topological polar surface area (TPSA) is 134 Å². The molecular formula is C27H25Cl3N2O9. The maximum atomic E-state index is 13.7. The van der Waals surface area contributed by atoms with Gasteiger partial charge in [-0.25, -0.2) is 4.79 Å². The number of alkyl halides is 3. The van der Waals surface area contributed by atoms with Gasteiger partial charge in [0.2, 0.25) is 12.2 Å². The number of benzene rings is 2. The predicted molar refractivity (Wildman–Crippen MR) is 145 cm³/mol. The van der Waals surface area contributed by atoms with Gasteiger partial charge in [-0.3, -0.25) is 19.9 Å². The zero-order valence-corrected chi connectivity index (χ0v) is 24.0. The number of halogens is 3. The van der Waals surface area contributed by atoms with Crippen molar-refractivity contribution >= 4 is 58.5 Å². The lowest BCUT2D eigenvalue weighted by Gasteiger charge is -2.51. The molecule has 3 aliphatic heterocycles. The molecule has 3 aliphatic rings. The van der Waals surface area contributed by atoms with Gasteiger partial charge in [-0.2, -0.15) is 0 Å². The minimum absolute atomic E-state index is 0.0352. The first-order chi connectivity index (χ1) is 19.5. The third kappa shape index (κ3) is 5.80. The first-order valence-electron chi connectivity index (χ1n) is 12.5. The molecule has 2 amide bonds. The SMILES string of the molecule is COC(=O)C(C)O[C@H]1[C@@H]2O[C@H](c3ccccc3)OC[C@H]2O[C@@H](OC(=N)C(Cl)(Cl)Cl)[C@@H]1N1C(=O)c2ccccc2C1=O. The highest BCUT2D eigenvalue weighted by Gasteiger charge is 2.58. The van der Waals surface area contributed by atoms with Crippen LogP contribution in [0.25, 0.3) is 0 Å². The second kappa shape index (κ2) is 11.8. The Morgan fingerprint density at radius 3 is 2.22 bits per heavy atom. The molecule has 2 saturated heterocycles. The second-order valence-corrected chi connectivity index (χ2v) is 11.7. The van der Waals surface area contributed by atoms with Crippen molar-refractivity contribution in [3.63, 3.8) is 0 Å². The fourth-order valence-electron chi connectivity index (χ4n) is 4.98. The number of carbonyl (C=O) groups is 3. The molecule has 11 nitrogen and oxygen atoms in total. The van der Waals surface area contributed by atoms with Crippen LogP contribution in [0.1, 0.15) is 39.5 Å². The van der Waals surface area contributed by atoms with Crippen LogP contribution in [0.2, 0.25) is 0 Å². The van der Waals surface area contributed by atoms with E-state index in [0.29, 0.717) is 5.56 Å². The Kier molecular flexibility index (Phi) is 8.58. The Morgan fingerprint density at radius 2 is 1.63 bits per heavy atom. The molecule has 1 unspecified atom stereocenters. The molecule has 218 valence electrons. The number of hydrogen-bond acceptors (Lipinski definition) is 10. The Hall–Kier alpha value is -2.77. The van der Waals surface area contributed by atoms with Crippen LogP contribution >= 0.6 is 34.8 Å². The summed E-state index contributed by atoms with van der Waals surface area (Å²) in [5.41, 5.74) is 0.980. The number of hydrogen-bond donors (Lipinski definition) is 1. The van der Waals surface area contributed by atoms with E-state index in [1.165, 1.54) is 26.2 Å². The first kappa shape index (κ1) is 29.7. The number of imide groups is 1. The Bertz CT molecular complexity index is 1300. The van der Waals surface area contributed by atoms with E-state index in [-0.39, 0.29) is 17.7 Å². The third-order valence-electron chi connectivity index (χ3n) is 6.89. The highest BCUT2D eigenvalue weighted by Crippen LogP contribution is 2.41. The van der Waals surface area contributed by atoms with Crippen LogP contribution in [0.4, 0.5) is 0 Å². The van der Waals surface area contributed by atoms with Crippen LogP contribution in [0.3, 0.4) is 0 Å². The van der Waals surface area contributed by atoms with E-state index in [2.05, 4.69) is 0 Å². The van der Waals surface area contributed by atoms with Gasteiger partial charge < -0.3 is 28.4 Å². The molecule has 5 rings (SSSR count). The average molecular weight is 628 g/mol. The van der Waals surface area contributed by atoms with Crippen molar-refractivity contribution in [3.8, 4) is 0 Å². The second-order valence-electron chi connectivity index (χ2n) is 9.45. The van der Waals surface area contributed by atoms with Crippen LogP contribution in [-0.4, -0.2) is 82.8 Å². The van der Waals surface area contributed by atoms with Crippen molar-refractivity contribution in [2.45, 2.75) is 53.8 Å². The van der Waals surface area contributed by atoms with Gasteiger partial charge >= 0.3 is 5.97 Å². The Labute approximate surface area is 249 Å². The van der Waals surface area contributed by atoms with Gasteiger partial charge in [-0.1, -0.05) is 77.3 Å². The summed E-state index contributed by atoms with van der Waals surface area (Å²) in [5.74, 6) is -2.88. The number of nitrogens with zero attached hydrogens (tertiary/aromatic N) is 1. The van der Waals surface area contributed by atoms with Crippen LogP contribution < -0.4 is 0 Å². The highest BCUT2D eigenvalue weighted by molar-refractivity contribution is 6.76. The number of esters is 1. The predicted octanol–water partition coefficient (Wildman–Crippen LogP) is 3.80. The van der Waals surface area contributed by atoms with E-state index in [0.717, 1.165) is 4.90 Å². The molecule has 1 N–H and O–H groups in total. The average Bonchev–Trinajstić information content (AvgIpc) is 3.21. The molecule has 0 aromatic heterocycles. The molecule has 3 heterocycles.